The van der Waals surface area contributed by atoms with Crippen molar-refractivity contribution in [3.05, 3.63) is 23.8 Å². The minimum absolute atomic E-state index is 0.0825. The summed E-state index contributed by atoms with van der Waals surface area (Å²) in [5.41, 5.74) is 0.0825. The Bertz CT molecular complexity index is 574. The Hall–Kier alpha value is -1.40. The Labute approximate surface area is 162 Å². The van der Waals surface area contributed by atoms with Crippen molar-refractivity contribution in [2.45, 2.75) is 45.6 Å². The lowest BCUT2D eigenvalue weighted by Gasteiger charge is -2.38. The highest BCUT2D eigenvalue weighted by Gasteiger charge is 2.24. The van der Waals surface area contributed by atoms with Crippen molar-refractivity contribution in [2.24, 2.45) is 0 Å². The lowest BCUT2D eigenvalue weighted by molar-refractivity contribution is 0.204. The molecule has 6 heteroatoms. The molecule has 1 aromatic rings. The van der Waals surface area contributed by atoms with Crippen LogP contribution in [0, 0.1) is 11.6 Å². The van der Waals surface area contributed by atoms with Crippen LogP contribution in [-0.2, 0) is 0 Å². The summed E-state index contributed by atoms with van der Waals surface area (Å²) in [5.74, 6) is -0.772. The van der Waals surface area contributed by atoms with E-state index in [0.29, 0.717) is 25.7 Å². The van der Waals surface area contributed by atoms with Crippen LogP contribution in [0.5, 0.6) is 5.75 Å². The number of hydrogen-bond donors (Lipinski definition) is 0. The third kappa shape index (κ3) is 5.55. The Kier molecular flexibility index (Phi) is 7.30. The second kappa shape index (κ2) is 9.69. The highest BCUT2D eigenvalue weighted by molar-refractivity contribution is 5.52. The van der Waals surface area contributed by atoms with Crippen LogP contribution in [0.3, 0.4) is 0 Å². The highest BCUT2D eigenvalue weighted by Crippen LogP contribution is 2.29. The summed E-state index contributed by atoms with van der Waals surface area (Å²) in [6, 6.07) is 3.12. The largest absolute Gasteiger partial charge is 0.493 e. The molecule has 0 bridgehead atoms. The van der Waals surface area contributed by atoms with Gasteiger partial charge in [-0.2, -0.15) is 0 Å². The third-order valence-electron chi connectivity index (χ3n) is 5.69. The van der Waals surface area contributed by atoms with Gasteiger partial charge in [-0.25, -0.2) is 8.78 Å². The van der Waals surface area contributed by atoms with Gasteiger partial charge in [0.1, 0.15) is 11.4 Å². The maximum atomic E-state index is 14.6. The van der Waals surface area contributed by atoms with E-state index in [1.54, 1.807) is 0 Å². The second-order valence-corrected chi connectivity index (χ2v) is 7.96. The number of hydrogen-bond acceptors (Lipinski definition) is 4. The first kappa shape index (κ1) is 20.3. The molecule has 27 heavy (non-hydrogen) atoms. The predicted octanol–water partition coefficient (Wildman–Crippen LogP) is 3.75. The van der Waals surface area contributed by atoms with Crippen LogP contribution in [0.15, 0.2) is 12.1 Å². The molecule has 0 aliphatic carbocycles. The first-order valence-electron chi connectivity index (χ1n) is 10.4. The van der Waals surface area contributed by atoms with Crippen LogP contribution in [-0.4, -0.2) is 68.3 Å². The third-order valence-corrected chi connectivity index (χ3v) is 5.69. The van der Waals surface area contributed by atoms with Gasteiger partial charge in [-0.15, -0.1) is 0 Å². The fraction of sp³-hybridized carbons (Fsp3) is 0.714. The Morgan fingerprint density at radius 2 is 1.56 bits per heavy atom. The lowest BCUT2D eigenvalue weighted by atomic mass is 10.1. The summed E-state index contributed by atoms with van der Waals surface area (Å²) in [6.07, 6.45) is 4.74. The predicted molar refractivity (Wildman–Crippen MR) is 106 cm³/mol. The molecule has 4 nitrogen and oxygen atoms in total. The van der Waals surface area contributed by atoms with Crippen LogP contribution in [0.1, 0.15) is 39.5 Å². The number of benzene rings is 1. The van der Waals surface area contributed by atoms with E-state index in [9.17, 15) is 8.78 Å². The van der Waals surface area contributed by atoms with Crippen molar-refractivity contribution >= 4 is 5.69 Å². The van der Waals surface area contributed by atoms with Crippen LogP contribution in [0.25, 0.3) is 0 Å². The minimum Gasteiger partial charge on any atom is -0.493 e. The van der Waals surface area contributed by atoms with E-state index in [-0.39, 0.29) is 11.4 Å². The number of piperidine rings is 1. The molecule has 2 fully saturated rings. The van der Waals surface area contributed by atoms with E-state index < -0.39 is 11.6 Å². The van der Waals surface area contributed by atoms with Crippen molar-refractivity contribution in [2.75, 3.05) is 57.3 Å². The molecule has 1 aromatic carbocycles. The summed E-state index contributed by atoms with van der Waals surface area (Å²) in [5, 5.41) is 0. The monoisotopic (exact) mass is 381 g/mol. The Morgan fingerprint density at radius 1 is 0.926 bits per heavy atom. The van der Waals surface area contributed by atoms with Gasteiger partial charge in [0.15, 0.2) is 11.6 Å². The topological polar surface area (TPSA) is 19.0 Å². The fourth-order valence-electron chi connectivity index (χ4n) is 4.05. The summed E-state index contributed by atoms with van der Waals surface area (Å²) >= 11 is 0. The van der Waals surface area contributed by atoms with Crippen LogP contribution < -0.4 is 9.64 Å². The molecule has 0 saturated carbocycles. The van der Waals surface area contributed by atoms with Crippen molar-refractivity contribution in [1.29, 1.82) is 0 Å². The number of halogens is 2. The zero-order valence-electron chi connectivity index (χ0n) is 16.7. The van der Waals surface area contributed by atoms with Gasteiger partial charge >= 0.3 is 0 Å². The van der Waals surface area contributed by atoms with Crippen LogP contribution in [0.2, 0.25) is 0 Å². The molecule has 0 amide bonds. The fourth-order valence-corrected chi connectivity index (χ4v) is 4.05. The normalized spacial score (nSPS) is 19.7. The maximum Gasteiger partial charge on any atom is 0.153 e. The van der Waals surface area contributed by atoms with Gasteiger partial charge < -0.3 is 14.5 Å². The van der Waals surface area contributed by atoms with Gasteiger partial charge in [0.25, 0.3) is 0 Å². The van der Waals surface area contributed by atoms with Gasteiger partial charge in [0.05, 0.1) is 6.61 Å². The number of piperazine rings is 1. The molecule has 0 unspecified atom stereocenters. The van der Waals surface area contributed by atoms with Gasteiger partial charge in [0, 0.05) is 50.9 Å². The van der Waals surface area contributed by atoms with Crippen LogP contribution >= 0.6 is 0 Å². The van der Waals surface area contributed by atoms with Crippen molar-refractivity contribution in [3.63, 3.8) is 0 Å². The summed E-state index contributed by atoms with van der Waals surface area (Å²) in [4.78, 5) is 6.57. The van der Waals surface area contributed by atoms with E-state index in [2.05, 4.69) is 23.6 Å². The van der Waals surface area contributed by atoms with Crippen molar-refractivity contribution in [3.8, 4) is 5.75 Å². The lowest BCUT2D eigenvalue weighted by Crippen LogP contribution is -2.49. The van der Waals surface area contributed by atoms with Gasteiger partial charge in [0.2, 0.25) is 0 Å². The molecule has 0 spiro atoms. The number of ether oxygens (including phenoxy) is 1. The quantitative estimate of drug-likeness (QED) is 0.670. The molecule has 0 N–H and O–H groups in total. The van der Waals surface area contributed by atoms with E-state index in [0.717, 1.165) is 39.1 Å². The van der Waals surface area contributed by atoms with E-state index in [1.807, 2.05) is 4.90 Å². The first-order chi connectivity index (χ1) is 13.0. The Balaban J connectivity index is 1.50. The van der Waals surface area contributed by atoms with E-state index >= 15 is 0 Å². The average Bonchev–Trinajstić information content (AvgIpc) is 2.66. The molecule has 3 rings (SSSR count). The molecule has 2 aliphatic heterocycles. The smallest absolute Gasteiger partial charge is 0.153 e. The van der Waals surface area contributed by atoms with Crippen LogP contribution in [0.4, 0.5) is 14.5 Å². The minimum atomic E-state index is -0.529. The zero-order chi connectivity index (χ0) is 19.2. The molecule has 2 aliphatic rings. The Morgan fingerprint density at radius 3 is 2.15 bits per heavy atom. The number of nitrogens with zero attached hydrogens (tertiary/aromatic N) is 3. The van der Waals surface area contributed by atoms with Gasteiger partial charge in [-0.1, -0.05) is 6.42 Å². The number of anilines is 1. The molecule has 2 saturated heterocycles. The van der Waals surface area contributed by atoms with Gasteiger partial charge in [-0.3, -0.25) is 4.90 Å². The van der Waals surface area contributed by atoms with Crippen molar-refractivity contribution < 1.29 is 13.5 Å². The van der Waals surface area contributed by atoms with E-state index in [4.69, 9.17) is 4.74 Å². The summed E-state index contributed by atoms with van der Waals surface area (Å²) in [6.45, 7) is 11.0. The molecule has 0 aromatic heterocycles. The molecule has 152 valence electrons. The SMILES string of the molecule is CC(C)N1CCN(c2c(F)cc(OCCCN3CCCCC3)cc2F)CC1. The molecule has 0 atom stereocenters. The highest BCUT2D eigenvalue weighted by atomic mass is 19.1. The molecular formula is C21H33F2N3O. The molecule has 2 heterocycles. The zero-order valence-corrected chi connectivity index (χ0v) is 16.7. The number of rotatable bonds is 7. The maximum absolute atomic E-state index is 14.6. The second-order valence-electron chi connectivity index (χ2n) is 7.96. The van der Waals surface area contributed by atoms with Gasteiger partial charge in [-0.05, 0) is 46.2 Å². The molecule has 0 radical (unpaired) electrons. The summed E-state index contributed by atoms with van der Waals surface area (Å²) in [7, 11) is 0. The van der Waals surface area contributed by atoms with E-state index in [1.165, 1.54) is 31.4 Å². The first-order valence-corrected chi connectivity index (χ1v) is 10.4. The summed E-state index contributed by atoms with van der Waals surface area (Å²) < 4.78 is 34.8. The average molecular weight is 382 g/mol. The standard InChI is InChI=1S/C21H33F2N3O/c1-17(2)25-10-12-26(13-11-25)21-19(22)15-18(16-20(21)23)27-14-6-9-24-7-4-3-5-8-24/h15-17H,3-14H2,1-2H3. The van der Waals surface area contributed by atoms with Crippen molar-refractivity contribution in [1.82, 2.24) is 9.80 Å². The number of likely N-dealkylation sites (tertiary alicyclic amines) is 1. The molecular weight excluding hydrogens is 348 g/mol.